The van der Waals surface area contributed by atoms with E-state index in [0.29, 0.717) is 0 Å². The van der Waals surface area contributed by atoms with Crippen LogP contribution in [0.5, 0.6) is 0 Å². The van der Waals surface area contributed by atoms with Crippen molar-refractivity contribution in [3.05, 3.63) is 22.5 Å². The maximum Gasteiger partial charge on any atom is 0.163 e. The fraction of sp³-hybridized carbons (Fsp3) is 0.647. The van der Waals surface area contributed by atoms with Gasteiger partial charge in [0.05, 0.1) is 0 Å². The quantitative estimate of drug-likeness (QED) is 0.835. The second-order valence-electron chi connectivity index (χ2n) is 6.20. The molecule has 0 aromatic carbocycles. The Morgan fingerprint density at radius 3 is 1.55 bits per heavy atom. The normalized spacial score (nSPS) is 17.1. The molecule has 0 fully saturated rings. The SMILES string of the molecule is CCC1C(C(=O)C(C)C)=C(C)NC(C)=C1C(=O)C(C)C. The second-order valence-corrected chi connectivity index (χ2v) is 6.20. The molecule has 0 aromatic heterocycles. The van der Waals surface area contributed by atoms with Crippen LogP contribution in [-0.4, -0.2) is 11.6 Å². The number of hydrogen-bond acceptors (Lipinski definition) is 3. The van der Waals surface area contributed by atoms with Crippen LogP contribution in [0.3, 0.4) is 0 Å². The standard InChI is InChI=1S/C17H27NO2/c1-8-13-14(16(19)9(2)3)11(6)18-12(7)15(13)17(20)10(4)5/h9-10,13,18H,8H2,1-7H3. The molecule has 0 saturated heterocycles. The van der Waals surface area contributed by atoms with Gasteiger partial charge in [0, 0.05) is 40.3 Å². The molecule has 0 atom stereocenters. The predicted molar refractivity (Wildman–Crippen MR) is 82.0 cm³/mol. The van der Waals surface area contributed by atoms with Crippen LogP contribution in [-0.2, 0) is 9.59 Å². The summed E-state index contributed by atoms with van der Waals surface area (Å²) in [5.74, 6) is 0.113. The van der Waals surface area contributed by atoms with Crippen molar-refractivity contribution in [2.75, 3.05) is 0 Å². The van der Waals surface area contributed by atoms with E-state index < -0.39 is 0 Å². The minimum atomic E-state index is -0.0685. The Morgan fingerprint density at radius 1 is 0.950 bits per heavy atom. The van der Waals surface area contributed by atoms with Gasteiger partial charge in [-0.05, 0) is 20.3 Å². The molecule has 20 heavy (non-hydrogen) atoms. The second kappa shape index (κ2) is 6.38. The summed E-state index contributed by atoms with van der Waals surface area (Å²) in [7, 11) is 0. The Balaban J connectivity index is 3.33. The molecular formula is C17H27NO2. The van der Waals surface area contributed by atoms with Gasteiger partial charge in [-0.15, -0.1) is 0 Å². The molecular weight excluding hydrogens is 250 g/mol. The molecule has 1 heterocycles. The molecule has 0 radical (unpaired) electrons. The van der Waals surface area contributed by atoms with E-state index in [-0.39, 0.29) is 29.3 Å². The zero-order valence-corrected chi connectivity index (χ0v) is 13.8. The molecule has 1 N–H and O–H groups in total. The van der Waals surface area contributed by atoms with Crippen LogP contribution >= 0.6 is 0 Å². The van der Waals surface area contributed by atoms with Gasteiger partial charge in [0.15, 0.2) is 11.6 Å². The summed E-state index contributed by atoms with van der Waals surface area (Å²) in [6.45, 7) is 13.5. The number of Topliss-reactive ketones (excluding diaryl/α,β-unsaturated/α-hetero) is 2. The number of allylic oxidation sites excluding steroid dienone is 4. The van der Waals surface area contributed by atoms with E-state index in [2.05, 4.69) is 5.32 Å². The van der Waals surface area contributed by atoms with Gasteiger partial charge >= 0.3 is 0 Å². The third-order valence-electron chi connectivity index (χ3n) is 3.87. The van der Waals surface area contributed by atoms with Crippen LogP contribution in [0.2, 0.25) is 0 Å². The zero-order chi connectivity index (χ0) is 15.6. The molecule has 3 nitrogen and oxygen atoms in total. The lowest BCUT2D eigenvalue weighted by Gasteiger charge is -2.31. The molecule has 0 amide bonds. The number of hydrogen-bond donors (Lipinski definition) is 1. The Hall–Kier alpha value is -1.38. The highest BCUT2D eigenvalue weighted by Gasteiger charge is 2.34. The summed E-state index contributed by atoms with van der Waals surface area (Å²) in [6.07, 6.45) is 0.776. The van der Waals surface area contributed by atoms with E-state index in [1.165, 1.54) is 0 Å². The maximum absolute atomic E-state index is 12.5. The first kappa shape index (κ1) is 16.7. The van der Waals surface area contributed by atoms with Crippen LogP contribution in [0.15, 0.2) is 22.5 Å². The van der Waals surface area contributed by atoms with Gasteiger partial charge in [-0.3, -0.25) is 9.59 Å². The molecule has 3 heteroatoms. The summed E-state index contributed by atoms with van der Waals surface area (Å²) < 4.78 is 0. The Labute approximate surface area is 122 Å². The van der Waals surface area contributed by atoms with Gasteiger partial charge in [0.25, 0.3) is 0 Å². The Morgan fingerprint density at radius 2 is 1.30 bits per heavy atom. The fourth-order valence-corrected chi connectivity index (χ4v) is 2.83. The average Bonchev–Trinajstić information content (AvgIpc) is 2.35. The lowest BCUT2D eigenvalue weighted by Crippen LogP contribution is -2.34. The first-order valence-electron chi connectivity index (χ1n) is 7.49. The highest BCUT2D eigenvalue weighted by molar-refractivity contribution is 6.04. The number of ketones is 2. The molecule has 0 aliphatic carbocycles. The van der Waals surface area contributed by atoms with Crippen molar-refractivity contribution in [3.8, 4) is 0 Å². The first-order valence-corrected chi connectivity index (χ1v) is 7.49. The van der Waals surface area contributed by atoms with Gasteiger partial charge in [0.1, 0.15) is 0 Å². The Kier molecular flexibility index (Phi) is 5.32. The smallest absolute Gasteiger partial charge is 0.163 e. The van der Waals surface area contributed by atoms with Crippen molar-refractivity contribution in [3.63, 3.8) is 0 Å². The van der Waals surface area contributed by atoms with Crippen molar-refractivity contribution in [1.29, 1.82) is 0 Å². The van der Waals surface area contributed by atoms with Crippen molar-refractivity contribution >= 4 is 11.6 Å². The number of carbonyl (C=O) groups excluding carboxylic acids is 2. The monoisotopic (exact) mass is 277 g/mol. The van der Waals surface area contributed by atoms with Crippen molar-refractivity contribution in [2.45, 2.75) is 54.9 Å². The van der Waals surface area contributed by atoms with Gasteiger partial charge < -0.3 is 5.32 Å². The molecule has 1 rings (SSSR count). The molecule has 0 bridgehead atoms. The van der Waals surface area contributed by atoms with Crippen LogP contribution in [0, 0.1) is 17.8 Å². The van der Waals surface area contributed by atoms with E-state index in [0.717, 1.165) is 29.0 Å². The van der Waals surface area contributed by atoms with E-state index in [1.54, 1.807) is 0 Å². The number of nitrogens with one attached hydrogen (secondary N) is 1. The molecule has 0 unspecified atom stereocenters. The van der Waals surface area contributed by atoms with Gasteiger partial charge in [0.2, 0.25) is 0 Å². The first-order chi connectivity index (χ1) is 9.22. The zero-order valence-electron chi connectivity index (χ0n) is 13.8. The third kappa shape index (κ3) is 3.02. The van der Waals surface area contributed by atoms with Crippen LogP contribution in [0.25, 0.3) is 0 Å². The molecule has 1 aliphatic rings. The van der Waals surface area contributed by atoms with Crippen LogP contribution < -0.4 is 5.32 Å². The summed E-state index contributed by atoms with van der Waals surface area (Å²) in [5, 5.41) is 3.23. The lowest BCUT2D eigenvalue weighted by molar-refractivity contribution is -0.119. The topological polar surface area (TPSA) is 46.2 Å². The number of carbonyl (C=O) groups is 2. The maximum atomic E-state index is 12.5. The van der Waals surface area contributed by atoms with Crippen molar-refractivity contribution < 1.29 is 9.59 Å². The van der Waals surface area contributed by atoms with E-state index in [4.69, 9.17) is 0 Å². The lowest BCUT2D eigenvalue weighted by atomic mass is 9.76. The van der Waals surface area contributed by atoms with Gasteiger partial charge in [-0.1, -0.05) is 34.6 Å². The highest BCUT2D eigenvalue weighted by Crippen LogP contribution is 2.35. The minimum absolute atomic E-state index is 0.0513. The fourth-order valence-electron chi connectivity index (χ4n) is 2.83. The molecule has 112 valence electrons. The molecule has 1 aliphatic heterocycles. The number of dihydropyridines is 1. The van der Waals surface area contributed by atoms with E-state index >= 15 is 0 Å². The summed E-state index contributed by atoms with van der Waals surface area (Å²) in [5.41, 5.74) is 3.37. The average molecular weight is 277 g/mol. The van der Waals surface area contributed by atoms with E-state index in [9.17, 15) is 9.59 Å². The molecule has 0 spiro atoms. The predicted octanol–water partition coefficient (Wildman–Crippen LogP) is 3.61. The third-order valence-corrected chi connectivity index (χ3v) is 3.87. The molecule has 0 saturated carbocycles. The summed E-state index contributed by atoms with van der Waals surface area (Å²) in [6, 6.07) is 0. The largest absolute Gasteiger partial charge is 0.362 e. The number of rotatable bonds is 5. The van der Waals surface area contributed by atoms with Crippen LogP contribution in [0.4, 0.5) is 0 Å². The van der Waals surface area contributed by atoms with Crippen LogP contribution in [0.1, 0.15) is 54.9 Å². The van der Waals surface area contributed by atoms with Gasteiger partial charge in [-0.2, -0.15) is 0 Å². The van der Waals surface area contributed by atoms with E-state index in [1.807, 2.05) is 48.5 Å². The highest BCUT2D eigenvalue weighted by atomic mass is 16.1. The summed E-state index contributed by atoms with van der Waals surface area (Å²) in [4.78, 5) is 25.0. The summed E-state index contributed by atoms with van der Waals surface area (Å²) >= 11 is 0. The van der Waals surface area contributed by atoms with Crippen molar-refractivity contribution in [2.24, 2.45) is 17.8 Å². The Bertz CT molecular complexity index is 439. The van der Waals surface area contributed by atoms with Crippen molar-refractivity contribution in [1.82, 2.24) is 5.32 Å². The molecule has 0 aromatic rings. The minimum Gasteiger partial charge on any atom is -0.362 e. The van der Waals surface area contributed by atoms with Gasteiger partial charge in [-0.25, -0.2) is 0 Å².